The van der Waals surface area contributed by atoms with Crippen LogP contribution in [0.2, 0.25) is 10.0 Å². The fourth-order valence-corrected chi connectivity index (χ4v) is 4.01. The van der Waals surface area contributed by atoms with Crippen LogP contribution in [0.25, 0.3) is 22.3 Å². The van der Waals surface area contributed by atoms with E-state index < -0.39 is 21.5 Å². The van der Waals surface area contributed by atoms with Crippen molar-refractivity contribution in [2.45, 2.75) is 5.51 Å². The van der Waals surface area contributed by atoms with E-state index in [1.54, 1.807) is 15.9 Å². The maximum Gasteiger partial charge on any atom is 0.534 e. The molecule has 14 heteroatoms. The van der Waals surface area contributed by atoms with Crippen LogP contribution in [-0.4, -0.2) is 33.2 Å². The number of rotatable bonds is 3. The standard InChI is InChI=1S/C11H7ClN2S.C8H4ClF3N2O3S/c12-9-1-2-10-5-11(13-14(10)6-9)8-3-4-15-7-8;9-5-1-2-6-3-7(13-14(6)4-5)17-18(15,16)8(10,11)12/h1-7H;1-4H. The van der Waals surface area contributed by atoms with E-state index in [2.05, 4.69) is 31.9 Å². The molecular weight excluding hydrogens is 524 g/mol. The lowest BCUT2D eigenvalue weighted by Gasteiger charge is -2.06. The third kappa shape index (κ3) is 5.24. The van der Waals surface area contributed by atoms with Crippen LogP contribution >= 0.6 is 34.5 Å². The van der Waals surface area contributed by atoms with Crippen molar-refractivity contribution in [3.8, 4) is 17.1 Å². The number of hydrogen-bond acceptors (Lipinski definition) is 6. The molecular formula is C19H11Cl2F3N4O3S2. The summed E-state index contributed by atoms with van der Waals surface area (Å²) in [4.78, 5) is 0. The predicted octanol–water partition coefficient (Wildman–Crippen LogP) is 5.93. The van der Waals surface area contributed by atoms with E-state index in [9.17, 15) is 21.6 Å². The molecule has 5 heterocycles. The number of hydrogen-bond donors (Lipinski definition) is 0. The van der Waals surface area contributed by atoms with Crippen LogP contribution in [0.1, 0.15) is 0 Å². The molecule has 7 nitrogen and oxygen atoms in total. The molecule has 0 atom stereocenters. The van der Waals surface area contributed by atoms with Gasteiger partial charge >= 0.3 is 15.6 Å². The topological polar surface area (TPSA) is 78.0 Å². The van der Waals surface area contributed by atoms with E-state index in [-0.39, 0.29) is 5.02 Å². The second kappa shape index (κ2) is 8.86. The lowest BCUT2D eigenvalue weighted by molar-refractivity contribution is -0.0501. The van der Waals surface area contributed by atoms with Crippen molar-refractivity contribution >= 4 is 55.7 Å². The Kier molecular flexibility index (Phi) is 6.27. The zero-order valence-corrected chi connectivity index (χ0v) is 19.2. The monoisotopic (exact) mass is 534 g/mol. The van der Waals surface area contributed by atoms with E-state index in [0.717, 1.165) is 27.4 Å². The Bertz CT molecular complexity index is 1530. The largest absolute Gasteiger partial charge is 0.534 e. The molecule has 0 saturated carbocycles. The summed E-state index contributed by atoms with van der Waals surface area (Å²) in [7, 11) is -5.72. The first-order valence-corrected chi connectivity index (χ1v) is 12.0. The van der Waals surface area contributed by atoms with Gasteiger partial charge in [-0.05, 0) is 41.8 Å². The van der Waals surface area contributed by atoms with Crippen molar-refractivity contribution in [1.29, 1.82) is 0 Å². The van der Waals surface area contributed by atoms with Crippen molar-refractivity contribution in [2.75, 3.05) is 0 Å². The average Bonchev–Trinajstić information content (AvgIpc) is 3.45. The first kappa shape index (κ1) is 23.4. The molecule has 0 fully saturated rings. The maximum absolute atomic E-state index is 12.1. The van der Waals surface area contributed by atoms with Crippen molar-refractivity contribution in [3.63, 3.8) is 0 Å². The summed E-state index contributed by atoms with van der Waals surface area (Å²) >= 11 is 13.2. The predicted molar refractivity (Wildman–Crippen MR) is 119 cm³/mol. The third-order valence-corrected chi connectivity index (χ3v) is 6.21. The molecule has 0 spiro atoms. The fraction of sp³-hybridized carbons (Fsp3) is 0.0526. The Balaban J connectivity index is 0.000000159. The number of alkyl halides is 3. The van der Waals surface area contributed by atoms with Crippen LogP contribution in [-0.2, 0) is 10.1 Å². The summed E-state index contributed by atoms with van der Waals surface area (Å²) in [6.07, 6.45) is 3.11. The van der Waals surface area contributed by atoms with E-state index >= 15 is 0 Å². The van der Waals surface area contributed by atoms with Gasteiger partial charge in [0.2, 0.25) is 0 Å². The lowest BCUT2D eigenvalue weighted by Crippen LogP contribution is -2.28. The molecule has 0 amide bonds. The van der Waals surface area contributed by atoms with Crippen LogP contribution in [0.5, 0.6) is 5.88 Å². The van der Waals surface area contributed by atoms with Gasteiger partial charge in [0.1, 0.15) is 0 Å². The Morgan fingerprint density at radius 3 is 2.09 bits per heavy atom. The average molecular weight is 535 g/mol. The van der Waals surface area contributed by atoms with Crippen LogP contribution < -0.4 is 4.18 Å². The second-order valence-corrected chi connectivity index (χ2v) is 9.63. The van der Waals surface area contributed by atoms with Crippen LogP contribution in [0.15, 0.2) is 65.6 Å². The quantitative estimate of drug-likeness (QED) is 0.211. The summed E-state index contributed by atoms with van der Waals surface area (Å²) in [5.74, 6) is -0.686. The van der Waals surface area contributed by atoms with E-state index in [0.29, 0.717) is 10.5 Å². The molecule has 0 aliphatic heterocycles. The van der Waals surface area contributed by atoms with Crippen molar-refractivity contribution < 1.29 is 25.8 Å². The van der Waals surface area contributed by atoms with Crippen molar-refractivity contribution in [2.24, 2.45) is 0 Å². The van der Waals surface area contributed by atoms with Gasteiger partial charge in [0, 0.05) is 29.4 Å². The highest BCUT2D eigenvalue weighted by molar-refractivity contribution is 7.87. The summed E-state index contributed by atoms with van der Waals surface area (Å²) in [6.45, 7) is 0. The Labute approximate surface area is 198 Å². The second-order valence-electron chi connectivity index (χ2n) is 6.44. The van der Waals surface area contributed by atoms with Gasteiger partial charge in [-0.3, -0.25) is 0 Å². The number of halogens is 5. The highest BCUT2D eigenvalue weighted by Crippen LogP contribution is 2.27. The molecule has 0 radical (unpaired) electrons. The molecule has 33 heavy (non-hydrogen) atoms. The highest BCUT2D eigenvalue weighted by atomic mass is 35.5. The lowest BCUT2D eigenvalue weighted by atomic mass is 10.2. The molecule has 5 aromatic rings. The summed E-state index contributed by atoms with van der Waals surface area (Å²) in [5, 5.41) is 13.1. The normalized spacial score (nSPS) is 12.0. The molecule has 5 rings (SSSR count). The number of fused-ring (bicyclic) bond motifs is 2. The summed E-state index contributed by atoms with van der Waals surface area (Å²) < 4.78 is 64.5. The molecule has 0 bridgehead atoms. The molecule has 0 aromatic carbocycles. The molecule has 5 aromatic heterocycles. The number of nitrogens with zero attached hydrogens (tertiary/aromatic N) is 4. The summed E-state index contributed by atoms with van der Waals surface area (Å²) in [5.41, 5.74) is -1.97. The Hall–Kier alpha value is -2.80. The number of pyridine rings is 2. The van der Waals surface area contributed by atoms with Crippen LogP contribution in [0.3, 0.4) is 0 Å². The van der Waals surface area contributed by atoms with Gasteiger partial charge in [0.05, 0.1) is 26.8 Å². The molecule has 172 valence electrons. The van der Waals surface area contributed by atoms with Gasteiger partial charge in [0.15, 0.2) is 0 Å². The fourth-order valence-electron chi connectivity index (χ4n) is 2.65. The maximum atomic E-state index is 12.1. The van der Waals surface area contributed by atoms with Crippen LogP contribution in [0, 0.1) is 0 Å². The third-order valence-electron chi connectivity index (χ3n) is 4.12. The minimum Gasteiger partial charge on any atom is -0.354 e. The van der Waals surface area contributed by atoms with Gasteiger partial charge in [-0.15, -0.1) is 5.10 Å². The summed E-state index contributed by atoms with van der Waals surface area (Å²) in [6, 6.07) is 11.9. The minimum absolute atomic E-state index is 0.288. The first-order valence-electron chi connectivity index (χ1n) is 8.85. The van der Waals surface area contributed by atoms with E-state index in [1.807, 2.05) is 23.7 Å². The smallest absolute Gasteiger partial charge is 0.354 e. The molecule has 0 unspecified atom stereocenters. The highest BCUT2D eigenvalue weighted by Gasteiger charge is 2.49. The minimum atomic E-state index is -5.72. The molecule has 0 N–H and O–H groups in total. The van der Waals surface area contributed by atoms with Gasteiger partial charge in [-0.2, -0.15) is 38.0 Å². The molecule has 0 saturated heterocycles. The zero-order chi connectivity index (χ0) is 23.8. The van der Waals surface area contributed by atoms with Gasteiger partial charge in [-0.1, -0.05) is 23.2 Å². The van der Waals surface area contributed by atoms with Crippen molar-refractivity contribution in [3.05, 3.63) is 75.7 Å². The van der Waals surface area contributed by atoms with Gasteiger partial charge in [-0.25, -0.2) is 9.03 Å². The number of aromatic nitrogens is 4. The first-order chi connectivity index (χ1) is 15.5. The molecule has 0 aliphatic rings. The zero-order valence-electron chi connectivity index (χ0n) is 16.1. The molecule has 0 aliphatic carbocycles. The van der Waals surface area contributed by atoms with Gasteiger partial charge in [0.25, 0.3) is 5.88 Å². The Morgan fingerprint density at radius 2 is 1.52 bits per heavy atom. The number of thiophene rings is 1. The van der Waals surface area contributed by atoms with E-state index in [1.165, 1.54) is 18.3 Å². The van der Waals surface area contributed by atoms with E-state index in [4.69, 9.17) is 23.2 Å². The Morgan fingerprint density at radius 1 is 0.909 bits per heavy atom. The SMILES string of the molecule is Clc1ccc2cc(-c3ccsc3)nn2c1.O=S(=O)(Oc1cc2ccc(Cl)cn2n1)C(F)(F)F. The van der Waals surface area contributed by atoms with Crippen LogP contribution in [0.4, 0.5) is 13.2 Å². The van der Waals surface area contributed by atoms with Gasteiger partial charge < -0.3 is 4.18 Å². The van der Waals surface area contributed by atoms with Crippen molar-refractivity contribution in [1.82, 2.24) is 19.2 Å².